The molecule has 3 aromatic carbocycles. The molecule has 0 atom stereocenters. The van der Waals surface area contributed by atoms with Crippen molar-refractivity contribution >= 4 is 33.0 Å². The molecule has 5 aromatic rings. The first-order valence-electron chi connectivity index (χ1n) is 8.26. The molecule has 25 heavy (non-hydrogen) atoms. The molecular weight excluding hydrogens is 324 g/mol. The molecule has 2 heterocycles. The zero-order valence-electron chi connectivity index (χ0n) is 13.8. The Balaban J connectivity index is 1.66. The van der Waals surface area contributed by atoms with Gasteiger partial charge in [-0.2, -0.15) is 0 Å². The predicted molar refractivity (Wildman–Crippen MR) is 107 cm³/mol. The molecule has 0 spiro atoms. The highest BCUT2D eigenvalue weighted by Gasteiger charge is 2.05. The molecule has 5 rings (SSSR count). The van der Waals surface area contributed by atoms with Crippen LogP contribution < -0.4 is 0 Å². The molecule has 0 amide bonds. The molecule has 0 saturated carbocycles. The van der Waals surface area contributed by atoms with Crippen molar-refractivity contribution in [1.82, 2.24) is 9.55 Å². The van der Waals surface area contributed by atoms with Gasteiger partial charge in [-0.1, -0.05) is 36.4 Å². The quantitative estimate of drug-likeness (QED) is 0.378. The molecule has 0 bridgehead atoms. The van der Waals surface area contributed by atoms with E-state index < -0.39 is 0 Å². The van der Waals surface area contributed by atoms with Gasteiger partial charge in [-0.05, 0) is 57.1 Å². The average Bonchev–Trinajstić information content (AvgIpc) is 3.31. The van der Waals surface area contributed by atoms with Gasteiger partial charge in [-0.15, -0.1) is 11.3 Å². The molecule has 0 N–H and O–H groups in total. The lowest BCUT2D eigenvalue weighted by Gasteiger charge is -2.07. The molecular formula is C22H16N2S. The Morgan fingerprint density at radius 1 is 0.760 bits per heavy atom. The second-order valence-electron chi connectivity index (χ2n) is 6.34. The highest BCUT2D eigenvalue weighted by molar-refractivity contribution is 7.13. The van der Waals surface area contributed by atoms with E-state index in [0.29, 0.717) is 0 Å². The van der Waals surface area contributed by atoms with Crippen LogP contribution in [0.25, 0.3) is 43.2 Å². The van der Waals surface area contributed by atoms with Crippen LogP contribution in [0.15, 0.2) is 78.6 Å². The van der Waals surface area contributed by atoms with E-state index in [2.05, 4.69) is 83.5 Å². The molecule has 0 aliphatic heterocycles. The van der Waals surface area contributed by atoms with E-state index in [9.17, 15) is 0 Å². The maximum Gasteiger partial charge on any atom is 0.0797 e. The van der Waals surface area contributed by atoms with Crippen molar-refractivity contribution in [2.24, 2.45) is 7.05 Å². The van der Waals surface area contributed by atoms with Gasteiger partial charge in [-0.3, -0.25) is 4.98 Å². The predicted octanol–water partition coefficient (Wildman–Crippen LogP) is 6.12. The minimum absolute atomic E-state index is 1.21. The van der Waals surface area contributed by atoms with E-state index >= 15 is 0 Å². The van der Waals surface area contributed by atoms with Gasteiger partial charge in [0.2, 0.25) is 0 Å². The van der Waals surface area contributed by atoms with Crippen LogP contribution in [0.5, 0.6) is 0 Å². The summed E-state index contributed by atoms with van der Waals surface area (Å²) in [4.78, 5) is 5.40. The largest absolute Gasteiger partial charge is 0.351 e. The Bertz CT molecular complexity index is 1200. The molecule has 0 fully saturated rings. The normalized spacial score (nSPS) is 11.4. The summed E-state index contributed by atoms with van der Waals surface area (Å²) in [6, 6.07) is 22.1. The van der Waals surface area contributed by atoms with Crippen molar-refractivity contribution in [3.63, 3.8) is 0 Å². The SMILES string of the molecule is Cn1ccc2ccc(-c3ccc4ccc(-c5cncs5)cc4c3)cc21. The molecule has 0 unspecified atom stereocenters. The van der Waals surface area contributed by atoms with Crippen LogP contribution in [0.4, 0.5) is 0 Å². The van der Waals surface area contributed by atoms with Gasteiger partial charge in [-0.25, -0.2) is 0 Å². The van der Waals surface area contributed by atoms with Crippen LogP contribution in [-0.2, 0) is 7.05 Å². The summed E-state index contributed by atoms with van der Waals surface area (Å²) in [5, 5.41) is 3.80. The summed E-state index contributed by atoms with van der Waals surface area (Å²) in [6.07, 6.45) is 4.04. The lowest BCUT2D eigenvalue weighted by Crippen LogP contribution is -1.85. The minimum Gasteiger partial charge on any atom is -0.351 e. The number of benzene rings is 3. The highest BCUT2D eigenvalue weighted by Crippen LogP contribution is 2.31. The van der Waals surface area contributed by atoms with Gasteiger partial charge in [0.05, 0.1) is 10.4 Å². The number of hydrogen-bond acceptors (Lipinski definition) is 2. The summed E-state index contributed by atoms with van der Waals surface area (Å²) in [5.74, 6) is 0. The number of aryl methyl sites for hydroxylation is 1. The van der Waals surface area contributed by atoms with Crippen LogP contribution in [0.2, 0.25) is 0 Å². The minimum atomic E-state index is 1.21. The topological polar surface area (TPSA) is 17.8 Å². The molecule has 120 valence electrons. The number of rotatable bonds is 2. The first-order valence-corrected chi connectivity index (χ1v) is 9.14. The van der Waals surface area contributed by atoms with Crippen LogP contribution in [0, 0.1) is 0 Å². The van der Waals surface area contributed by atoms with Crippen LogP contribution >= 0.6 is 11.3 Å². The zero-order valence-corrected chi connectivity index (χ0v) is 14.6. The van der Waals surface area contributed by atoms with Gasteiger partial charge >= 0.3 is 0 Å². The van der Waals surface area contributed by atoms with Crippen molar-refractivity contribution in [1.29, 1.82) is 0 Å². The van der Waals surface area contributed by atoms with Crippen molar-refractivity contribution in [3.05, 3.63) is 78.6 Å². The smallest absolute Gasteiger partial charge is 0.0797 e. The lowest BCUT2D eigenvalue weighted by atomic mass is 9.99. The molecule has 2 nitrogen and oxygen atoms in total. The van der Waals surface area contributed by atoms with Gasteiger partial charge in [0.1, 0.15) is 0 Å². The van der Waals surface area contributed by atoms with Crippen molar-refractivity contribution < 1.29 is 0 Å². The molecule has 0 aliphatic rings. The van der Waals surface area contributed by atoms with Gasteiger partial charge in [0, 0.05) is 25.0 Å². The standard InChI is InChI=1S/C22H16N2S/c1-24-9-8-16-4-6-18(12-21(16)24)17-5-2-15-3-7-19(11-20(15)10-17)22-13-23-14-25-22/h2-14H,1H3. The first-order chi connectivity index (χ1) is 12.3. The maximum atomic E-state index is 4.19. The summed E-state index contributed by atoms with van der Waals surface area (Å²) >= 11 is 1.68. The van der Waals surface area contributed by atoms with E-state index in [1.165, 1.54) is 43.2 Å². The molecule has 2 aromatic heterocycles. The van der Waals surface area contributed by atoms with Crippen LogP contribution in [0.3, 0.4) is 0 Å². The third-order valence-electron chi connectivity index (χ3n) is 4.78. The number of aromatic nitrogens is 2. The van der Waals surface area contributed by atoms with E-state index in [1.807, 2.05) is 11.7 Å². The van der Waals surface area contributed by atoms with Crippen LogP contribution in [0.1, 0.15) is 0 Å². The van der Waals surface area contributed by atoms with E-state index in [1.54, 1.807) is 11.3 Å². The zero-order chi connectivity index (χ0) is 16.8. The number of thiazole rings is 1. The number of fused-ring (bicyclic) bond motifs is 2. The molecule has 0 aliphatic carbocycles. The summed E-state index contributed by atoms with van der Waals surface area (Å²) in [5.41, 5.74) is 6.86. The van der Waals surface area contributed by atoms with E-state index in [0.717, 1.165) is 0 Å². The highest BCUT2D eigenvalue weighted by atomic mass is 32.1. The maximum absolute atomic E-state index is 4.19. The third-order valence-corrected chi connectivity index (χ3v) is 5.60. The monoisotopic (exact) mass is 340 g/mol. The fraction of sp³-hybridized carbons (Fsp3) is 0.0455. The Kier molecular flexibility index (Phi) is 3.22. The summed E-state index contributed by atoms with van der Waals surface area (Å²) < 4.78 is 2.17. The second kappa shape index (κ2) is 5.57. The van der Waals surface area contributed by atoms with Gasteiger partial charge < -0.3 is 4.57 Å². The third kappa shape index (κ3) is 2.44. The fourth-order valence-corrected chi connectivity index (χ4v) is 4.00. The molecule has 0 saturated heterocycles. The molecule has 0 radical (unpaired) electrons. The van der Waals surface area contributed by atoms with Gasteiger partial charge in [0.15, 0.2) is 0 Å². The van der Waals surface area contributed by atoms with E-state index in [-0.39, 0.29) is 0 Å². The number of hydrogen-bond donors (Lipinski definition) is 0. The fourth-order valence-electron chi connectivity index (χ4n) is 3.38. The second-order valence-corrected chi connectivity index (χ2v) is 7.23. The Hall–Kier alpha value is -2.91. The average molecular weight is 340 g/mol. The summed E-state index contributed by atoms with van der Waals surface area (Å²) in [7, 11) is 2.09. The number of nitrogens with zero attached hydrogens (tertiary/aromatic N) is 2. The van der Waals surface area contributed by atoms with Crippen LogP contribution in [-0.4, -0.2) is 9.55 Å². The molecule has 3 heteroatoms. The van der Waals surface area contributed by atoms with Crippen molar-refractivity contribution in [2.75, 3.05) is 0 Å². The Morgan fingerprint density at radius 2 is 1.48 bits per heavy atom. The van der Waals surface area contributed by atoms with Gasteiger partial charge in [0.25, 0.3) is 0 Å². The lowest BCUT2D eigenvalue weighted by molar-refractivity contribution is 0.969. The first kappa shape index (κ1) is 14.4. The summed E-state index contributed by atoms with van der Waals surface area (Å²) in [6.45, 7) is 0. The van der Waals surface area contributed by atoms with E-state index in [4.69, 9.17) is 0 Å². The van der Waals surface area contributed by atoms with Crippen molar-refractivity contribution in [3.8, 4) is 21.6 Å². The Labute approximate surface area is 150 Å². The van der Waals surface area contributed by atoms with Crippen molar-refractivity contribution in [2.45, 2.75) is 0 Å². The Morgan fingerprint density at radius 3 is 2.28 bits per heavy atom.